The third kappa shape index (κ3) is 3.25. The fourth-order valence-electron chi connectivity index (χ4n) is 2.28. The Morgan fingerprint density at radius 3 is 2.47 bits per heavy atom. The van der Waals surface area contributed by atoms with E-state index in [2.05, 4.69) is 11.1 Å². The van der Waals surface area contributed by atoms with Gasteiger partial charge in [0.25, 0.3) is 0 Å². The Kier molecular flexibility index (Phi) is 3.52. The molecule has 0 bridgehead atoms. The molecule has 0 radical (unpaired) electrons. The Balaban J connectivity index is 1.94. The number of likely N-dealkylation sites (tertiary alicyclic amines) is 1. The third-order valence-corrected chi connectivity index (χ3v) is 3.24. The van der Waals surface area contributed by atoms with E-state index in [0.717, 1.165) is 24.5 Å². The summed E-state index contributed by atoms with van der Waals surface area (Å²) in [7, 11) is 0. The van der Waals surface area contributed by atoms with Crippen molar-refractivity contribution >= 4 is 6.09 Å². The monoisotopic (exact) mass is 262 g/mol. The topological polar surface area (TPSA) is 42.4 Å². The number of nitrogens with zero attached hydrogens (tertiary/aromatic N) is 2. The summed E-state index contributed by atoms with van der Waals surface area (Å²) in [5.41, 5.74) is 2.91. The van der Waals surface area contributed by atoms with Crippen molar-refractivity contribution in [2.45, 2.75) is 46.1 Å². The van der Waals surface area contributed by atoms with Gasteiger partial charge >= 0.3 is 6.09 Å². The minimum atomic E-state index is -0.427. The maximum atomic E-state index is 11.8. The minimum Gasteiger partial charge on any atom is -0.444 e. The molecule has 2 rings (SSSR count). The molecular formula is C15H22N2O2. The zero-order valence-corrected chi connectivity index (χ0v) is 12.4. The molecule has 0 N–H and O–H groups in total. The largest absolute Gasteiger partial charge is 0.444 e. The Morgan fingerprint density at radius 1 is 1.32 bits per heavy atom. The average molecular weight is 262 g/mol. The molecule has 4 nitrogen and oxygen atoms in total. The summed E-state index contributed by atoms with van der Waals surface area (Å²) in [6.07, 6.45) is -0.221. The highest BCUT2D eigenvalue weighted by Crippen LogP contribution is 2.29. The zero-order chi connectivity index (χ0) is 14.2. The van der Waals surface area contributed by atoms with Crippen LogP contribution in [0.2, 0.25) is 0 Å². The van der Waals surface area contributed by atoms with E-state index < -0.39 is 5.60 Å². The molecule has 0 saturated carbocycles. The molecule has 0 aliphatic carbocycles. The number of aryl methyl sites for hydroxylation is 2. The molecule has 1 saturated heterocycles. The average Bonchev–Trinajstić information content (AvgIpc) is 2.16. The van der Waals surface area contributed by atoms with Crippen LogP contribution in [0.25, 0.3) is 0 Å². The van der Waals surface area contributed by atoms with Crippen molar-refractivity contribution < 1.29 is 9.53 Å². The lowest BCUT2D eigenvalue weighted by Crippen LogP contribution is -2.50. The standard InChI is InChI=1S/C15H22N2O2/c1-10-6-7-13(11(2)16-10)12-8-17(9-12)14(18)19-15(3,4)5/h6-7,12H,8-9H2,1-5H3. The van der Waals surface area contributed by atoms with E-state index in [1.54, 1.807) is 4.90 Å². The van der Waals surface area contributed by atoms with Gasteiger partial charge in [0, 0.05) is 30.4 Å². The number of hydrogen-bond donors (Lipinski definition) is 0. The smallest absolute Gasteiger partial charge is 0.410 e. The molecule has 0 unspecified atom stereocenters. The lowest BCUT2D eigenvalue weighted by Gasteiger charge is -2.40. The summed E-state index contributed by atoms with van der Waals surface area (Å²) in [4.78, 5) is 18.1. The van der Waals surface area contributed by atoms with Crippen LogP contribution in [0.3, 0.4) is 0 Å². The summed E-state index contributed by atoms with van der Waals surface area (Å²) in [6.45, 7) is 11.1. The molecule has 1 aliphatic heterocycles. The first kappa shape index (κ1) is 13.8. The van der Waals surface area contributed by atoms with E-state index in [-0.39, 0.29) is 6.09 Å². The highest BCUT2D eigenvalue weighted by molar-refractivity contribution is 5.69. The molecule has 1 fully saturated rings. The number of rotatable bonds is 1. The van der Waals surface area contributed by atoms with Crippen molar-refractivity contribution in [1.29, 1.82) is 0 Å². The van der Waals surface area contributed by atoms with Crippen molar-refractivity contribution in [2.75, 3.05) is 13.1 Å². The first-order chi connectivity index (χ1) is 8.76. The molecule has 0 spiro atoms. The molecule has 2 heterocycles. The molecule has 4 heteroatoms. The number of hydrogen-bond acceptors (Lipinski definition) is 3. The van der Waals surface area contributed by atoms with E-state index >= 15 is 0 Å². The molecular weight excluding hydrogens is 240 g/mol. The van der Waals surface area contributed by atoms with Gasteiger partial charge in [-0.1, -0.05) is 6.07 Å². The second kappa shape index (κ2) is 4.83. The number of ether oxygens (including phenoxy) is 1. The quantitative estimate of drug-likeness (QED) is 0.781. The van der Waals surface area contributed by atoms with E-state index in [9.17, 15) is 4.79 Å². The SMILES string of the molecule is Cc1ccc(C2CN(C(=O)OC(C)(C)C)C2)c(C)n1. The van der Waals surface area contributed by atoms with Crippen molar-refractivity contribution in [1.82, 2.24) is 9.88 Å². The first-order valence-corrected chi connectivity index (χ1v) is 6.68. The second-order valence-corrected chi connectivity index (χ2v) is 6.21. The second-order valence-electron chi connectivity index (χ2n) is 6.21. The van der Waals surface area contributed by atoms with Gasteiger partial charge in [-0.3, -0.25) is 4.98 Å². The Labute approximate surface area is 114 Å². The Morgan fingerprint density at radius 2 is 1.95 bits per heavy atom. The summed E-state index contributed by atoms with van der Waals surface area (Å²) in [6, 6.07) is 4.15. The molecule has 104 valence electrons. The molecule has 0 aromatic carbocycles. The van der Waals surface area contributed by atoms with Gasteiger partial charge in [-0.05, 0) is 46.2 Å². The molecule has 1 aliphatic rings. The van der Waals surface area contributed by atoms with Gasteiger partial charge in [-0.25, -0.2) is 4.79 Å². The highest BCUT2D eigenvalue weighted by Gasteiger charge is 2.35. The molecule has 19 heavy (non-hydrogen) atoms. The zero-order valence-electron chi connectivity index (χ0n) is 12.4. The summed E-state index contributed by atoms with van der Waals surface area (Å²) < 4.78 is 5.35. The fourth-order valence-corrected chi connectivity index (χ4v) is 2.28. The van der Waals surface area contributed by atoms with Crippen LogP contribution in [-0.4, -0.2) is 34.7 Å². The van der Waals surface area contributed by atoms with Crippen LogP contribution in [0.5, 0.6) is 0 Å². The van der Waals surface area contributed by atoms with Gasteiger partial charge in [0.2, 0.25) is 0 Å². The molecule has 1 amide bonds. The summed E-state index contributed by atoms with van der Waals surface area (Å²) >= 11 is 0. The van der Waals surface area contributed by atoms with Crippen LogP contribution in [0, 0.1) is 13.8 Å². The lowest BCUT2D eigenvalue weighted by atomic mass is 9.90. The molecule has 0 atom stereocenters. The third-order valence-electron chi connectivity index (χ3n) is 3.24. The summed E-state index contributed by atoms with van der Waals surface area (Å²) in [5, 5.41) is 0. The number of amides is 1. The van der Waals surface area contributed by atoms with Crippen molar-refractivity contribution in [2.24, 2.45) is 0 Å². The van der Waals surface area contributed by atoms with E-state index in [1.165, 1.54) is 5.56 Å². The van der Waals surface area contributed by atoms with Crippen molar-refractivity contribution in [3.8, 4) is 0 Å². The van der Waals surface area contributed by atoms with Gasteiger partial charge in [-0.2, -0.15) is 0 Å². The maximum Gasteiger partial charge on any atom is 0.410 e. The maximum absolute atomic E-state index is 11.8. The van der Waals surface area contributed by atoms with Crippen LogP contribution in [0.1, 0.15) is 43.6 Å². The van der Waals surface area contributed by atoms with Gasteiger partial charge in [-0.15, -0.1) is 0 Å². The van der Waals surface area contributed by atoms with E-state index in [0.29, 0.717) is 5.92 Å². The van der Waals surface area contributed by atoms with E-state index in [4.69, 9.17) is 4.74 Å². The van der Waals surface area contributed by atoms with Crippen molar-refractivity contribution in [3.63, 3.8) is 0 Å². The highest BCUT2D eigenvalue weighted by atomic mass is 16.6. The van der Waals surface area contributed by atoms with Crippen LogP contribution in [0.15, 0.2) is 12.1 Å². The number of carbonyl (C=O) groups excluding carboxylic acids is 1. The van der Waals surface area contributed by atoms with Gasteiger partial charge in [0.15, 0.2) is 0 Å². The van der Waals surface area contributed by atoms with Crippen LogP contribution in [0.4, 0.5) is 4.79 Å². The predicted molar refractivity (Wildman–Crippen MR) is 74.3 cm³/mol. The van der Waals surface area contributed by atoms with Crippen LogP contribution < -0.4 is 0 Å². The summed E-state index contributed by atoms with van der Waals surface area (Å²) in [5.74, 6) is 0.389. The molecule has 1 aromatic rings. The number of aromatic nitrogens is 1. The number of pyridine rings is 1. The van der Waals surface area contributed by atoms with Gasteiger partial charge < -0.3 is 9.64 Å². The van der Waals surface area contributed by atoms with Gasteiger partial charge in [0.1, 0.15) is 5.60 Å². The Bertz CT molecular complexity index is 485. The van der Waals surface area contributed by atoms with Gasteiger partial charge in [0.05, 0.1) is 0 Å². The van der Waals surface area contributed by atoms with E-state index in [1.807, 2.05) is 40.7 Å². The van der Waals surface area contributed by atoms with Crippen LogP contribution >= 0.6 is 0 Å². The normalized spacial score (nSPS) is 16.2. The predicted octanol–water partition coefficient (Wildman–Crippen LogP) is 3.03. The van der Waals surface area contributed by atoms with Crippen LogP contribution in [-0.2, 0) is 4.74 Å². The lowest BCUT2D eigenvalue weighted by molar-refractivity contribution is 0.00810. The fraction of sp³-hybridized carbons (Fsp3) is 0.600. The number of carbonyl (C=O) groups is 1. The first-order valence-electron chi connectivity index (χ1n) is 6.68. The Hall–Kier alpha value is -1.58. The molecule has 1 aromatic heterocycles. The van der Waals surface area contributed by atoms with Crippen molar-refractivity contribution in [3.05, 3.63) is 29.1 Å². The minimum absolute atomic E-state index is 0.221.